The second-order valence-corrected chi connectivity index (χ2v) is 9.30. The van der Waals surface area contributed by atoms with Crippen molar-refractivity contribution < 1.29 is 19.5 Å². The number of rotatable bonds is 5. The van der Waals surface area contributed by atoms with Gasteiger partial charge in [-0.05, 0) is 55.4 Å². The Bertz CT molecular complexity index is 1020. The maximum Gasteiger partial charge on any atom is 0.335 e. The van der Waals surface area contributed by atoms with E-state index in [9.17, 15) is 24.8 Å². The number of carboxylic acids is 1. The van der Waals surface area contributed by atoms with E-state index in [0.717, 1.165) is 36.8 Å². The molecule has 4 aliphatic rings. The number of piperazine rings is 1. The molecule has 3 N–H and O–H groups in total. The van der Waals surface area contributed by atoms with Gasteiger partial charge in [0.1, 0.15) is 6.04 Å². The molecule has 1 aliphatic carbocycles. The SMILES string of the molecule is N#C[C@@H]1CCCN1C(=O)[C@@H](N)CN1CC2C[C@H]1C(=O)N2[C@H]1CCc2cc(C(=O)O)ccc21. The first-order chi connectivity index (χ1) is 15.4. The zero-order valence-electron chi connectivity index (χ0n) is 17.8. The van der Waals surface area contributed by atoms with Crippen molar-refractivity contribution in [1.82, 2.24) is 14.7 Å². The number of aryl methyl sites for hydroxylation is 1. The summed E-state index contributed by atoms with van der Waals surface area (Å²) < 4.78 is 0. The molecule has 9 heteroatoms. The molecule has 2 bridgehead atoms. The summed E-state index contributed by atoms with van der Waals surface area (Å²) >= 11 is 0. The van der Waals surface area contributed by atoms with Crippen LogP contribution in [0.25, 0.3) is 0 Å². The molecule has 3 fully saturated rings. The minimum atomic E-state index is -0.941. The summed E-state index contributed by atoms with van der Waals surface area (Å²) in [4.78, 5) is 42.9. The van der Waals surface area contributed by atoms with Crippen molar-refractivity contribution in [1.29, 1.82) is 5.26 Å². The van der Waals surface area contributed by atoms with Crippen LogP contribution in [0.5, 0.6) is 0 Å². The summed E-state index contributed by atoms with van der Waals surface area (Å²) in [6.07, 6.45) is 3.80. The number of nitrogens with two attached hydrogens (primary N) is 1. The molecule has 32 heavy (non-hydrogen) atoms. The lowest BCUT2D eigenvalue weighted by Crippen LogP contribution is -2.56. The number of hydrogen-bond acceptors (Lipinski definition) is 6. The van der Waals surface area contributed by atoms with E-state index in [2.05, 4.69) is 6.07 Å². The van der Waals surface area contributed by atoms with Crippen LogP contribution in [-0.2, 0) is 16.0 Å². The Balaban J connectivity index is 1.25. The van der Waals surface area contributed by atoms with Gasteiger partial charge < -0.3 is 20.6 Å². The number of benzene rings is 1. The van der Waals surface area contributed by atoms with Crippen LogP contribution in [-0.4, -0.2) is 81.4 Å². The summed E-state index contributed by atoms with van der Waals surface area (Å²) in [5, 5.41) is 18.5. The Labute approximate surface area is 186 Å². The van der Waals surface area contributed by atoms with E-state index in [-0.39, 0.29) is 35.5 Å². The molecular formula is C23H27N5O4. The monoisotopic (exact) mass is 437 g/mol. The molecule has 9 nitrogen and oxygen atoms in total. The normalized spacial score (nSPS) is 29.9. The summed E-state index contributed by atoms with van der Waals surface area (Å²) in [6.45, 7) is 1.56. The first-order valence-corrected chi connectivity index (χ1v) is 11.3. The van der Waals surface area contributed by atoms with E-state index >= 15 is 0 Å². The van der Waals surface area contributed by atoms with Crippen molar-refractivity contribution in [2.75, 3.05) is 19.6 Å². The first kappa shape index (κ1) is 20.9. The smallest absolute Gasteiger partial charge is 0.335 e. The number of carbonyl (C=O) groups excluding carboxylic acids is 2. The maximum absolute atomic E-state index is 13.3. The number of hydrogen-bond donors (Lipinski definition) is 2. The van der Waals surface area contributed by atoms with Crippen LogP contribution < -0.4 is 5.73 Å². The predicted octanol–water partition coefficient (Wildman–Crippen LogP) is 0.499. The van der Waals surface area contributed by atoms with Crippen LogP contribution in [0.3, 0.4) is 0 Å². The average molecular weight is 438 g/mol. The molecule has 0 radical (unpaired) electrons. The number of carbonyl (C=O) groups is 3. The minimum Gasteiger partial charge on any atom is -0.478 e. The molecule has 5 rings (SSSR count). The van der Waals surface area contributed by atoms with Gasteiger partial charge in [0.15, 0.2) is 0 Å². The molecule has 0 saturated carbocycles. The van der Waals surface area contributed by atoms with Crippen molar-refractivity contribution in [3.63, 3.8) is 0 Å². The van der Waals surface area contributed by atoms with Crippen molar-refractivity contribution in [2.24, 2.45) is 5.73 Å². The Morgan fingerprint density at radius 2 is 2.09 bits per heavy atom. The number of aromatic carboxylic acids is 1. The highest BCUT2D eigenvalue weighted by molar-refractivity contribution is 5.89. The lowest BCUT2D eigenvalue weighted by Gasteiger charge is -2.38. The number of nitriles is 1. The van der Waals surface area contributed by atoms with E-state index < -0.39 is 18.1 Å². The molecule has 2 amide bonds. The lowest BCUT2D eigenvalue weighted by molar-refractivity contribution is -0.141. The Morgan fingerprint density at radius 3 is 2.81 bits per heavy atom. The molecule has 1 aromatic rings. The second-order valence-electron chi connectivity index (χ2n) is 9.30. The summed E-state index contributed by atoms with van der Waals surface area (Å²) in [6, 6.07) is 6.00. The summed E-state index contributed by atoms with van der Waals surface area (Å²) in [5.74, 6) is -1.08. The lowest BCUT2D eigenvalue weighted by atomic mass is 10.0. The third-order valence-electron chi connectivity index (χ3n) is 7.52. The van der Waals surface area contributed by atoms with E-state index in [1.807, 2.05) is 15.9 Å². The van der Waals surface area contributed by atoms with Gasteiger partial charge in [-0.2, -0.15) is 5.26 Å². The van der Waals surface area contributed by atoms with E-state index in [0.29, 0.717) is 26.1 Å². The van der Waals surface area contributed by atoms with Gasteiger partial charge in [0.25, 0.3) is 0 Å². The fourth-order valence-corrected chi connectivity index (χ4v) is 6.03. The number of likely N-dealkylation sites (tertiary alicyclic amines) is 3. The van der Waals surface area contributed by atoms with Gasteiger partial charge in [0, 0.05) is 25.7 Å². The van der Waals surface area contributed by atoms with Gasteiger partial charge in [-0.15, -0.1) is 0 Å². The summed E-state index contributed by atoms with van der Waals surface area (Å²) in [7, 11) is 0. The molecule has 5 atom stereocenters. The number of fused-ring (bicyclic) bond motifs is 3. The Kier molecular flexibility index (Phi) is 5.14. The predicted molar refractivity (Wildman–Crippen MR) is 113 cm³/mol. The molecule has 3 heterocycles. The van der Waals surface area contributed by atoms with Gasteiger partial charge in [0.05, 0.1) is 29.8 Å². The largest absolute Gasteiger partial charge is 0.478 e. The molecule has 1 unspecified atom stereocenters. The highest BCUT2D eigenvalue weighted by atomic mass is 16.4. The van der Waals surface area contributed by atoms with Gasteiger partial charge in [0.2, 0.25) is 11.8 Å². The Morgan fingerprint density at radius 1 is 1.28 bits per heavy atom. The fraction of sp³-hybridized carbons (Fsp3) is 0.565. The van der Waals surface area contributed by atoms with Crippen LogP contribution in [0.15, 0.2) is 18.2 Å². The number of nitrogens with zero attached hydrogens (tertiary/aromatic N) is 4. The van der Waals surface area contributed by atoms with Crippen LogP contribution in [0, 0.1) is 11.3 Å². The zero-order chi connectivity index (χ0) is 22.6. The third kappa shape index (κ3) is 3.26. The number of carboxylic acid groups (broad SMARTS) is 1. The van der Waals surface area contributed by atoms with Crippen molar-refractivity contribution in [3.8, 4) is 6.07 Å². The maximum atomic E-state index is 13.3. The zero-order valence-corrected chi connectivity index (χ0v) is 17.8. The molecule has 3 aliphatic heterocycles. The summed E-state index contributed by atoms with van der Waals surface area (Å²) in [5.41, 5.74) is 8.55. The standard InChI is InChI=1S/C23H27N5O4/c24-10-15-2-1-7-27(15)21(29)18(25)12-26-11-16-9-20(26)22(30)28(16)19-6-4-13-8-14(23(31)32)3-5-17(13)19/h3,5,8,15-16,18-20H,1-2,4,6-7,9,11-12,25H2,(H,31,32)/t15-,16?,18-,19-,20-/m0/s1. The van der Waals surface area contributed by atoms with Gasteiger partial charge in [-0.25, -0.2) is 4.79 Å². The molecule has 168 valence electrons. The topological polar surface area (TPSA) is 131 Å². The average Bonchev–Trinajstić information content (AvgIpc) is 3.55. The second kappa shape index (κ2) is 7.87. The van der Waals surface area contributed by atoms with E-state index in [1.54, 1.807) is 17.0 Å². The van der Waals surface area contributed by atoms with Gasteiger partial charge in [-0.1, -0.05) is 6.07 Å². The molecule has 0 spiro atoms. The first-order valence-electron chi connectivity index (χ1n) is 11.3. The van der Waals surface area contributed by atoms with Crippen molar-refractivity contribution in [2.45, 2.75) is 62.3 Å². The van der Waals surface area contributed by atoms with E-state index in [4.69, 9.17) is 5.73 Å². The quantitative estimate of drug-likeness (QED) is 0.686. The van der Waals surface area contributed by atoms with Crippen LogP contribution >= 0.6 is 0 Å². The molecule has 1 aromatic carbocycles. The minimum absolute atomic E-state index is 0.0196. The fourth-order valence-electron chi connectivity index (χ4n) is 6.03. The Hall–Kier alpha value is -2.96. The molecule has 3 saturated heterocycles. The van der Waals surface area contributed by atoms with Crippen LogP contribution in [0.2, 0.25) is 0 Å². The molecular weight excluding hydrogens is 410 g/mol. The van der Waals surface area contributed by atoms with Crippen molar-refractivity contribution in [3.05, 3.63) is 34.9 Å². The van der Waals surface area contributed by atoms with Gasteiger partial charge >= 0.3 is 5.97 Å². The van der Waals surface area contributed by atoms with Crippen molar-refractivity contribution >= 4 is 17.8 Å². The van der Waals surface area contributed by atoms with Crippen LogP contribution in [0.1, 0.15) is 53.2 Å². The highest BCUT2D eigenvalue weighted by Gasteiger charge is 2.53. The third-order valence-corrected chi connectivity index (χ3v) is 7.52. The number of amides is 2. The molecule has 0 aromatic heterocycles. The van der Waals surface area contributed by atoms with Crippen LogP contribution in [0.4, 0.5) is 0 Å². The highest BCUT2D eigenvalue weighted by Crippen LogP contribution is 2.44. The van der Waals surface area contributed by atoms with Gasteiger partial charge in [-0.3, -0.25) is 14.5 Å². The van der Waals surface area contributed by atoms with E-state index in [1.165, 1.54) is 0 Å².